The molecular weight excluding hydrogens is 658 g/mol. The summed E-state index contributed by atoms with van der Waals surface area (Å²) in [7, 11) is 0. The Balaban J connectivity index is 1.56. The maximum atomic E-state index is 12.3. The standard InChI is InChI=1S/C23H13Br4NO3/c24-15-7-5-13(6-8-15)12-30-21-18(26)9-14(10-19(21)27)11-20-23(29)31-22(28-20)16-3-1-2-4-17(16)25/h1-11H,12H2/b20-11-. The van der Waals surface area contributed by atoms with Crippen molar-refractivity contribution in [2.75, 3.05) is 0 Å². The first-order valence-corrected chi connectivity index (χ1v) is 12.2. The van der Waals surface area contributed by atoms with Gasteiger partial charge in [0.1, 0.15) is 12.4 Å². The van der Waals surface area contributed by atoms with Crippen LogP contribution in [-0.4, -0.2) is 11.9 Å². The Bertz CT molecular complexity index is 1200. The minimum Gasteiger partial charge on any atom is -0.487 e. The van der Waals surface area contributed by atoms with Crippen LogP contribution in [0.2, 0.25) is 0 Å². The van der Waals surface area contributed by atoms with E-state index in [9.17, 15) is 4.79 Å². The van der Waals surface area contributed by atoms with Gasteiger partial charge >= 0.3 is 5.97 Å². The van der Waals surface area contributed by atoms with E-state index in [0.29, 0.717) is 12.4 Å². The van der Waals surface area contributed by atoms with Gasteiger partial charge in [0.25, 0.3) is 0 Å². The molecule has 3 aromatic rings. The van der Waals surface area contributed by atoms with Crippen LogP contribution in [-0.2, 0) is 16.1 Å². The van der Waals surface area contributed by atoms with E-state index in [4.69, 9.17) is 9.47 Å². The molecule has 0 unspecified atom stereocenters. The van der Waals surface area contributed by atoms with Gasteiger partial charge in [-0.2, -0.15) is 0 Å². The summed E-state index contributed by atoms with van der Waals surface area (Å²) in [6.45, 7) is 0.427. The highest BCUT2D eigenvalue weighted by Gasteiger charge is 2.25. The first-order chi connectivity index (χ1) is 14.9. The number of ether oxygens (including phenoxy) is 2. The van der Waals surface area contributed by atoms with E-state index in [1.807, 2.05) is 60.7 Å². The molecule has 1 aliphatic rings. The molecule has 0 bridgehead atoms. The van der Waals surface area contributed by atoms with Crippen LogP contribution >= 0.6 is 63.7 Å². The van der Waals surface area contributed by atoms with Crippen LogP contribution in [0.25, 0.3) is 6.08 Å². The molecule has 0 N–H and O–H groups in total. The predicted molar refractivity (Wildman–Crippen MR) is 135 cm³/mol. The summed E-state index contributed by atoms with van der Waals surface area (Å²) in [6.07, 6.45) is 1.68. The van der Waals surface area contributed by atoms with Crippen molar-refractivity contribution in [1.82, 2.24) is 0 Å². The lowest BCUT2D eigenvalue weighted by molar-refractivity contribution is -0.129. The molecule has 0 atom stereocenters. The van der Waals surface area contributed by atoms with Crippen molar-refractivity contribution < 1.29 is 14.3 Å². The Hall–Kier alpha value is -1.74. The number of hydrogen-bond acceptors (Lipinski definition) is 4. The predicted octanol–water partition coefficient (Wildman–Crippen LogP) is 7.66. The quantitative estimate of drug-likeness (QED) is 0.207. The minimum absolute atomic E-state index is 0.230. The number of carbonyl (C=O) groups is 1. The molecule has 31 heavy (non-hydrogen) atoms. The Morgan fingerprint density at radius 2 is 1.58 bits per heavy atom. The van der Waals surface area contributed by atoms with Crippen LogP contribution in [0.5, 0.6) is 5.75 Å². The van der Waals surface area contributed by atoms with Gasteiger partial charge in [0.15, 0.2) is 5.70 Å². The zero-order valence-electron chi connectivity index (χ0n) is 15.7. The molecule has 0 fully saturated rings. The second kappa shape index (κ2) is 9.81. The van der Waals surface area contributed by atoms with Crippen LogP contribution in [0.3, 0.4) is 0 Å². The fourth-order valence-corrected chi connectivity index (χ4v) is 5.02. The summed E-state index contributed by atoms with van der Waals surface area (Å²) in [5, 5.41) is 0. The van der Waals surface area contributed by atoms with E-state index >= 15 is 0 Å². The van der Waals surface area contributed by atoms with Crippen molar-refractivity contribution in [2.24, 2.45) is 4.99 Å². The number of halogens is 4. The first-order valence-electron chi connectivity index (χ1n) is 9.04. The highest BCUT2D eigenvalue weighted by atomic mass is 79.9. The van der Waals surface area contributed by atoms with Crippen molar-refractivity contribution >= 4 is 81.7 Å². The average Bonchev–Trinajstić information content (AvgIpc) is 3.09. The smallest absolute Gasteiger partial charge is 0.363 e. The third-order valence-corrected chi connectivity index (χ3v) is 6.74. The summed E-state index contributed by atoms with van der Waals surface area (Å²) >= 11 is 14.0. The van der Waals surface area contributed by atoms with Gasteiger partial charge < -0.3 is 9.47 Å². The molecule has 1 aliphatic heterocycles. The monoisotopic (exact) mass is 667 g/mol. The second-order valence-corrected chi connectivity index (χ2v) is 10.0. The molecule has 1 heterocycles. The van der Waals surface area contributed by atoms with Crippen LogP contribution in [0.4, 0.5) is 0 Å². The molecule has 0 radical (unpaired) electrons. The van der Waals surface area contributed by atoms with Gasteiger partial charge in [-0.3, -0.25) is 0 Å². The summed E-state index contributed by atoms with van der Waals surface area (Å²) in [5.41, 5.74) is 2.78. The van der Waals surface area contributed by atoms with Crippen LogP contribution in [0.1, 0.15) is 16.7 Å². The van der Waals surface area contributed by atoms with Crippen molar-refractivity contribution in [2.45, 2.75) is 6.61 Å². The third-order valence-electron chi connectivity index (χ3n) is 4.35. The van der Waals surface area contributed by atoms with Gasteiger partial charge in [0.05, 0.1) is 14.5 Å². The Kier molecular flexibility index (Phi) is 7.11. The summed E-state index contributed by atoms with van der Waals surface area (Å²) < 4.78 is 14.7. The van der Waals surface area contributed by atoms with Crippen molar-refractivity contribution in [3.63, 3.8) is 0 Å². The summed E-state index contributed by atoms with van der Waals surface area (Å²) in [5.74, 6) is 0.460. The highest BCUT2D eigenvalue weighted by Crippen LogP contribution is 2.36. The Labute approximate surface area is 212 Å². The number of carbonyl (C=O) groups excluding carboxylic acids is 1. The largest absolute Gasteiger partial charge is 0.487 e. The number of cyclic esters (lactones) is 1. The molecule has 0 aliphatic carbocycles. The Morgan fingerprint density at radius 1 is 0.903 bits per heavy atom. The Morgan fingerprint density at radius 3 is 2.26 bits per heavy atom. The lowest BCUT2D eigenvalue weighted by Gasteiger charge is -2.11. The molecule has 8 heteroatoms. The van der Waals surface area contributed by atoms with Crippen molar-refractivity contribution in [3.05, 3.63) is 101 Å². The van der Waals surface area contributed by atoms with Gasteiger partial charge in [-0.15, -0.1) is 0 Å². The van der Waals surface area contributed by atoms with E-state index in [-0.39, 0.29) is 11.6 Å². The lowest BCUT2D eigenvalue weighted by Crippen LogP contribution is -2.05. The number of nitrogens with zero attached hydrogens (tertiary/aromatic N) is 1. The second-order valence-electron chi connectivity index (χ2n) is 6.54. The van der Waals surface area contributed by atoms with Gasteiger partial charge in [-0.25, -0.2) is 9.79 Å². The highest BCUT2D eigenvalue weighted by molar-refractivity contribution is 9.11. The van der Waals surface area contributed by atoms with E-state index in [2.05, 4.69) is 68.7 Å². The minimum atomic E-state index is -0.492. The summed E-state index contributed by atoms with van der Waals surface area (Å²) in [4.78, 5) is 16.7. The number of aliphatic imine (C=N–C) groups is 1. The van der Waals surface area contributed by atoms with E-state index in [1.165, 1.54) is 0 Å². The molecule has 0 saturated heterocycles. The zero-order chi connectivity index (χ0) is 22.0. The maximum absolute atomic E-state index is 12.3. The fourth-order valence-electron chi connectivity index (χ4n) is 2.85. The van der Waals surface area contributed by atoms with Crippen molar-refractivity contribution in [3.8, 4) is 5.75 Å². The first kappa shape index (κ1) is 22.5. The van der Waals surface area contributed by atoms with Gasteiger partial charge in [-0.05, 0) is 101 Å². The molecule has 0 amide bonds. The molecule has 0 saturated carbocycles. The van der Waals surface area contributed by atoms with Crippen LogP contribution in [0, 0.1) is 0 Å². The molecule has 4 nitrogen and oxygen atoms in total. The van der Waals surface area contributed by atoms with Gasteiger partial charge in [0, 0.05) is 8.95 Å². The third kappa shape index (κ3) is 5.37. The van der Waals surface area contributed by atoms with Crippen LogP contribution in [0.15, 0.2) is 89.2 Å². The average molecular weight is 671 g/mol. The zero-order valence-corrected chi connectivity index (χ0v) is 22.1. The SMILES string of the molecule is O=C1OC(c2ccccc2Br)=N/C1=C\c1cc(Br)c(OCc2ccc(Br)cc2)c(Br)c1. The molecule has 0 aromatic heterocycles. The summed E-state index contributed by atoms with van der Waals surface area (Å²) in [6, 6.07) is 19.1. The fraction of sp³-hybridized carbons (Fsp3) is 0.0435. The lowest BCUT2D eigenvalue weighted by atomic mass is 10.2. The maximum Gasteiger partial charge on any atom is 0.363 e. The van der Waals surface area contributed by atoms with E-state index in [0.717, 1.165) is 34.6 Å². The topological polar surface area (TPSA) is 47.9 Å². The molecule has 0 spiro atoms. The number of benzene rings is 3. The molecular formula is C23H13Br4NO3. The van der Waals surface area contributed by atoms with Gasteiger partial charge in [-0.1, -0.05) is 40.2 Å². The number of esters is 1. The normalized spacial score (nSPS) is 14.5. The molecule has 4 rings (SSSR count). The van der Waals surface area contributed by atoms with Gasteiger partial charge in [0.2, 0.25) is 5.90 Å². The van der Waals surface area contributed by atoms with Crippen LogP contribution < -0.4 is 4.74 Å². The number of hydrogen-bond donors (Lipinski definition) is 0. The van der Waals surface area contributed by atoms with E-state index < -0.39 is 5.97 Å². The molecule has 156 valence electrons. The number of rotatable bonds is 5. The van der Waals surface area contributed by atoms with Crippen molar-refractivity contribution in [1.29, 1.82) is 0 Å². The molecule has 3 aromatic carbocycles. The van der Waals surface area contributed by atoms with E-state index in [1.54, 1.807) is 6.08 Å².